The maximum absolute atomic E-state index is 12.7. The smallest absolute Gasteiger partial charge is 0.251 e. The standard InChI is InChI=1S/C12H11FN2O/c1-8-14-11(7-12(16)15-8)6-9-2-4-10(13)5-3-9/h2-5,7H,6H2,1H3,(H,14,15,16). The molecule has 16 heavy (non-hydrogen) atoms. The summed E-state index contributed by atoms with van der Waals surface area (Å²) in [5.41, 5.74) is 1.45. The first-order chi connectivity index (χ1) is 7.63. The molecule has 0 aliphatic rings. The van der Waals surface area contributed by atoms with Crippen LogP contribution in [0.4, 0.5) is 4.39 Å². The quantitative estimate of drug-likeness (QED) is 0.835. The summed E-state index contributed by atoms with van der Waals surface area (Å²) in [4.78, 5) is 18.0. The summed E-state index contributed by atoms with van der Waals surface area (Å²) < 4.78 is 12.7. The summed E-state index contributed by atoms with van der Waals surface area (Å²) in [5, 5.41) is 0. The molecule has 0 radical (unpaired) electrons. The zero-order chi connectivity index (χ0) is 11.5. The van der Waals surface area contributed by atoms with Crippen LogP contribution >= 0.6 is 0 Å². The number of aromatic nitrogens is 2. The van der Waals surface area contributed by atoms with E-state index in [-0.39, 0.29) is 11.4 Å². The fourth-order valence-corrected chi connectivity index (χ4v) is 1.54. The van der Waals surface area contributed by atoms with E-state index < -0.39 is 0 Å². The minimum atomic E-state index is -0.265. The Labute approximate surface area is 92.0 Å². The predicted octanol–water partition coefficient (Wildman–Crippen LogP) is 1.81. The molecule has 1 aromatic carbocycles. The lowest BCUT2D eigenvalue weighted by molar-refractivity contribution is 0.627. The topological polar surface area (TPSA) is 45.8 Å². The molecule has 1 N–H and O–H groups in total. The molecule has 0 aliphatic carbocycles. The predicted molar refractivity (Wildman–Crippen MR) is 58.8 cm³/mol. The van der Waals surface area contributed by atoms with E-state index in [1.807, 2.05) is 0 Å². The fourth-order valence-electron chi connectivity index (χ4n) is 1.54. The number of aryl methyl sites for hydroxylation is 1. The minimum Gasteiger partial charge on any atom is -0.311 e. The molecule has 0 bridgehead atoms. The van der Waals surface area contributed by atoms with Gasteiger partial charge in [-0.25, -0.2) is 9.37 Å². The maximum atomic E-state index is 12.7. The van der Waals surface area contributed by atoms with E-state index >= 15 is 0 Å². The Kier molecular flexibility index (Phi) is 2.81. The first kappa shape index (κ1) is 10.5. The van der Waals surface area contributed by atoms with Gasteiger partial charge in [0.2, 0.25) is 0 Å². The molecule has 0 aliphatic heterocycles. The first-order valence-corrected chi connectivity index (χ1v) is 4.95. The third-order valence-electron chi connectivity index (χ3n) is 2.21. The van der Waals surface area contributed by atoms with Gasteiger partial charge in [-0.05, 0) is 24.6 Å². The van der Waals surface area contributed by atoms with Crippen molar-refractivity contribution < 1.29 is 4.39 Å². The normalized spacial score (nSPS) is 10.4. The van der Waals surface area contributed by atoms with Gasteiger partial charge >= 0.3 is 0 Å². The molecule has 0 spiro atoms. The van der Waals surface area contributed by atoms with Crippen molar-refractivity contribution in [2.75, 3.05) is 0 Å². The van der Waals surface area contributed by atoms with E-state index in [0.29, 0.717) is 17.9 Å². The largest absolute Gasteiger partial charge is 0.311 e. The van der Waals surface area contributed by atoms with Crippen LogP contribution in [0.15, 0.2) is 35.1 Å². The Morgan fingerprint density at radius 1 is 1.31 bits per heavy atom. The van der Waals surface area contributed by atoms with Crippen LogP contribution in [0.25, 0.3) is 0 Å². The zero-order valence-corrected chi connectivity index (χ0v) is 8.83. The number of benzene rings is 1. The Morgan fingerprint density at radius 2 is 2.00 bits per heavy atom. The minimum absolute atomic E-state index is 0.162. The van der Waals surface area contributed by atoms with Crippen LogP contribution in [0.3, 0.4) is 0 Å². The number of rotatable bonds is 2. The molecule has 3 nitrogen and oxygen atoms in total. The van der Waals surface area contributed by atoms with Crippen molar-refractivity contribution >= 4 is 0 Å². The highest BCUT2D eigenvalue weighted by molar-refractivity contribution is 5.21. The lowest BCUT2D eigenvalue weighted by Gasteiger charge is -2.01. The number of H-pyrrole nitrogens is 1. The molecule has 0 atom stereocenters. The summed E-state index contributed by atoms with van der Waals surface area (Å²) in [6.07, 6.45) is 0.533. The van der Waals surface area contributed by atoms with Crippen molar-refractivity contribution in [3.63, 3.8) is 0 Å². The van der Waals surface area contributed by atoms with Crippen molar-refractivity contribution in [2.45, 2.75) is 13.3 Å². The van der Waals surface area contributed by atoms with Crippen LogP contribution in [0.5, 0.6) is 0 Å². The highest BCUT2D eigenvalue weighted by Gasteiger charge is 2.00. The zero-order valence-electron chi connectivity index (χ0n) is 8.83. The maximum Gasteiger partial charge on any atom is 0.251 e. The summed E-state index contributed by atoms with van der Waals surface area (Å²) in [5.74, 6) is 0.323. The summed E-state index contributed by atoms with van der Waals surface area (Å²) in [7, 11) is 0. The number of hydrogen-bond donors (Lipinski definition) is 1. The van der Waals surface area contributed by atoms with Crippen molar-refractivity contribution in [2.24, 2.45) is 0 Å². The third-order valence-corrected chi connectivity index (χ3v) is 2.21. The molecular formula is C12H11FN2O. The molecule has 1 aromatic heterocycles. The average Bonchev–Trinajstić information content (AvgIpc) is 2.20. The van der Waals surface area contributed by atoms with E-state index in [4.69, 9.17) is 0 Å². The van der Waals surface area contributed by atoms with Gasteiger partial charge in [0, 0.05) is 12.5 Å². The second-order valence-electron chi connectivity index (χ2n) is 3.63. The highest BCUT2D eigenvalue weighted by atomic mass is 19.1. The Balaban J connectivity index is 2.26. The number of halogens is 1. The molecule has 0 amide bonds. The molecule has 1 heterocycles. The van der Waals surface area contributed by atoms with Crippen LogP contribution in [-0.2, 0) is 6.42 Å². The van der Waals surface area contributed by atoms with Gasteiger partial charge in [-0.1, -0.05) is 12.1 Å². The number of aromatic amines is 1. The number of nitrogens with zero attached hydrogens (tertiary/aromatic N) is 1. The van der Waals surface area contributed by atoms with Crippen molar-refractivity contribution in [1.29, 1.82) is 0 Å². The molecular weight excluding hydrogens is 207 g/mol. The monoisotopic (exact) mass is 218 g/mol. The van der Waals surface area contributed by atoms with Gasteiger partial charge in [0.25, 0.3) is 5.56 Å². The lowest BCUT2D eigenvalue weighted by atomic mass is 10.1. The van der Waals surface area contributed by atoms with Crippen LogP contribution < -0.4 is 5.56 Å². The van der Waals surface area contributed by atoms with Crippen molar-refractivity contribution in [3.8, 4) is 0 Å². The van der Waals surface area contributed by atoms with E-state index in [0.717, 1.165) is 5.56 Å². The van der Waals surface area contributed by atoms with Gasteiger partial charge in [-0.15, -0.1) is 0 Å². The van der Waals surface area contributed by atoms with Crippen LogP contribution in [0.2, 0.25) is 0 Å². The molecule has 82 valence electrons. The SMILES string of the molecule is Cc1nc(Cc2ccc(F)cc2)cc(=O)[nH]1. The van der Waals surface area contributed by atoms with Gasteiger partial charge in [-0.3, -0.25) is 4.79 Å². The summed E-state index contributed by atoms with van der Waals surface area (Å²) in [6.45, 7) is 1.73. The van der Waals surface area contributed by atoms with E-state index in [9.17, 15) is 9.18 Å². The number of hydrogen-bond acceptors (Lipinski definition) is 2. The number of nitrogens with one attached hydrogen (secondary N) is 1. The van der Waals surface area contributed by atoms with Crippen molar-refractivity contribution in [3.05, 3.63) is 63.6 Å². The molecule has 0 saturated heterocycles. The molecule has 0 unspecified atom stereocenters. The molecule has 2 rings (SSSR count). The Bertz CT molecular complexity index is 546. The van der Waals surface area contributed by atoms with Crippen LogP contribution in [0.1, 0.15) is 17.1 Å². The summed E-state index contributed by atoms with van der Waals surface area (Å²) >= 11 is 0. The van der Waals surface area contributed by atoms with Gasteiger partial charge in [0.15, 0.2) is 0 Å². The fraction of sp³-hybridized carbons (Fsp3) is 0.167. The third kappa shape index (κ3) is 2.53. The van der Waals surface area contributed by atoms with Crippen LogP contribution in [0, 0.1) is 12.7 Å². The average molecular weight is 218 g/mol. The highest BCUT2D eigenvalue weighted by Crippen LogP contribution is 2.07. The van der Waals surface area contributed by atoms with E-state index in [1.54, 1.807) is 19.1 Å². The second kappa shape index (κ2) is 4.26. The van der Waals surface area contributed by atoms with Crippen molar-refractivity contribution in [1.82, 2.24) is 9.97 Å². The molecule has 2 aromatic rings. The van der Waals surface area contributed by atoms with Gasteiger partial charge < -0.3 is 4.98 Å². The van der Waals surface area contributed by atoms with Gasteiger partial charge in [0.1, 0.15) is 11.6 Å². The molecule has 4 heteroatoms. The lowest BCUT2D eigenvalue weighted by Crippen LogP contribution is -2.10. The van der Waals surface area contributed by atoms with E-state index in [2.05, 4.69) is 9.97 Å². The first-order valence-electron chi connectivity index (χ1n) is 4.95. The van der Waals surface area contributed by atoms with Gasteiger partial charge in [-0.2, -0.15) is 0 Å². The summed E-state index contributed by atoms with van der Waals surface area (Å²) in [6, 6.07) is 7.63. The molecule has 0 fully saturated rings. The van der Waals surface area contributed by atoms with Gasteiger partial charge in [0.05, 0.1) is 5.69 Å². The molecule has 0 saturated carbocycles. The Hall–Kier alpha value is -1.97. The second-order valence-corrected chi connectivity index (χ2v) is 3.63. The van der Waals surface area contributed by atoms with Crippen LogP contribution in [-0.4, -0.2) is 9.97 Å². The Morgan fingerprint density at radius 3 is 2.62 bits per heavy atom. The van der Waals surface area contributed by atoms with E-state index in [1.165, 1.54) is 18.2 Å².